The first kappa shape index (κ1) is 22.3. The highest BCUT2D eigenvalue weighted by molar-refractivity contribution is 8.38. The molecule has 0 saturated heterocycles. The van der Waals surface area contributed by atoms with E-state index < -0.39 is 18.5 Å². The number of amides is 1. The Morgan fingerprint density at radius 2 is 1.90 bits per heavy atom. The number of carbonyl (C=O) groups is 2. The molecule has 10 heteroatoms. The van der Waals surface area contributed by atoms with E-state index in [1.165, 1.54) is 12.1 Å². The maximum Gasteiger partial charge on any atom is 0.338 e. The quantitative estimate of drug-likeness (QED) is 0.411. The molecule has 0 fully saturated rings. The molecule has 0 spiro atoms. The lowest BCUT2D eigenvalue weighted by Gasteiger charge is -2.11. The fraction of sp³-hybridized carbons (Fsp3) is 0.211. The molecule has 0 unspecified atom stereocenters. The molecule has 0 aliphatic carbocycles. The minimum atomic E-state index is -0.572. The molecule has 0 atom stereocenters. The smallest absolute Gasteiger partial charge is 0.338 e. The minimum absolute atomic E-state index is 0.231. The van der Waals surface area contributed by atoms with Gasteiger partial charge in [-0.15, -0.1) is 0 Å². The van der Waals surface area contributed by atoms with Gasteiger partial charge in [-0.05, 0) is 23.8 Å². The van der Waals surface area contributed by atoms with Crippen molar-refractivity contribution < 1.29 is 14.3 Å². The second-order valence-electron chi connectivity index (χ2n) is 5.81. The van der Waals surface area contributed by atoms with Crippen LogP contribution in [0.1, 0.15) is 15.9 Å². The molecular weight excluding hydrogens is 475 g/mol. The summed E-state index contributed by atoms with van der Waals surface area (Å²) in [6, 6.07) is 10.0. The van der Waals surface area contributed by atoms with E-state index in [-0.39, 0.29) is 20.8 Å². The summed E-state index contributed by atoms with van der Waals surface area (Å²) >= 11 is 21.1. The fourth-order valence-electron chi connectivity index (χ4n) is 2.40. The summed E-state index contributed by atoms with van der Waals surface area (Å²) in [6.07, 6.45) is 0. The Morgan fingerprint density at radius 1 is 1.14 bits per heavy atom. The summed E-state index contributed by atoms with van der Waals surface area (Å²) < 4.78 is 6.19. The summed E-state index contributed by atoms with van der Waals surface area (Å²) in [6.45, 7) is 0.369. The molecule has 0 bridgehead atoms. The van der Waals surface area contributed by atoms with Crippen LogP contribution in [0.2, 0.25) is 15.1 Å². The van der Waals surface area contributed by atoms with Crippen molar-refractivity contribution in [1.29, 1.82) is 0 Å². The van der Waals surface area contributed by atoms with E-state index in [4.69, 9.17) is 39.5 Å². The van der Waals surface area contributed by atoms with Gasteiger partial charge in [0.2, 0.25) is 0 Å². The molecule has 29 heavy (non-hydrogen) atoms. The van der Waals surface area contributed by atoms with Crippen LogP contribution < -0.4 is 5.32 Å². The van der Waals surface area contributed by atoms with E-state index in [0.717, 1.165) is 22.2 Å². The second kappa shape index (κ2) is 10.6. The molecule has 0 radical (unpaired) electrons. The number of thioether (sulfide) groups is 2. The lowest BCUT2D eigenvalue weighted by Crippen LogP contribution is -2.21. The highest BCUT2D eigenvalue weighted by atomic mass is 35.5. The zero-order valence-corrected chi connectivity index (χ0v) is 18.8. The van der Waals surface area contributed by atoms with Crippen molar-refractivity contribution >= 4 is 80.3 Å². The van der Waals surface area contributed by atoms with Crippen molar-refractivity contribution in [3.63, 3.8) is 0 Å². The number of benzene rings is 2. The lowest BCUT2D eigenvalue weighted by molar-refractivity contribution is -0.119. The van der Waals surface area contributed by atoms with Gasteiger partial charge in [0.15, 0.2) is 6.61 Å². The average Bonchev–Trinajstić information content (AvgIpc) is 3.22. The van der Waals surface area contributed by atoms with Crippen LogP contribution in [-0.2, 0) is 15.3 Å². The Bertz CT molecular complexity index is 970. The molecule has 5 nitrogen and oxygen atoms in total. The maximum atomic E-state index is 12.5. The predicted molar refractivity (Wildman–Crippen MR) is 123 cm³/mol. The Morgan fingerprint density at radius 3 is 2.66 bits per heavy atom. The third kappa shape index (κ3) is 6.30. The average molecular weight is 490 g/mol. The molecule has 2 aromatic carbocycles. The Balaban J connectivity index is 1.58. The third-order valence-corrected chi connectivity index (χ3v) is 7.10. The standard InChI is InChI=1S/C19H15Cl3N2O3S2/c20-13-7-15(22)16(8-14(13)21)24-17(25)9-27-18(26)12-4-2-1-3-11(12)10-29-19-23-5-6-28-19/h1-4,7-8H,5-6,9-10H2,(H,24,25). The third-order valence-electron chi connectivity index (χ3n) is 3.76. The number of hydrogen-bond donors (Lipinski definition) is 1. The zero-order chi connectivity index (χ0) is 20.8. The van der Waals surface area contributed by atoms with Crippen LogP contribution in [0.5, 0.6) is 0 Å². The Kier molecular flexibility index (Phi) is 8.15. The monoisotopic (exact) mass is 488 g/mol. The number of carbonyl (C=O) groups excluding carboxylic acids is 2. The van der Waals surface area contributed by atoms with Crippen LogP contribution in [0, 0.1) is 0 Å². The number of halogens is 3. The van der Waals surface area contributed by atoms with Crippen LogP contribution in [0.4, 0.5) is 5.69 Å². The number of ether oxygens (including phenoxy) is 1. The first-order valence-electron chi connectivity index (χ1n) is 8.43. The molecular formula is C19H15Cl3N2O3S2. The number of aliphatic imine (C=N–C) groups is 1. The predicted octanol–water partition coefficient (Wildman–Crippen LogP) is 5.78. The van der Waals surface area contributed by atoms with Gasteiger partial charge in [0.25, 0.3) is 5.91 Å². The molecule has 1 N–H and O–H groups in total. The summed E-state index contributed by atoms with van der Waals surface area (Å²) in [7, 11) is 0. The topological polar surface area (TPSA) is 67.8 Å². The number of esters is 1. The summed E-state index contributed by atoms with van der Waals surface area (Å²) in [5.74, 6) is 0.478. The molecule has 1 amide bonds. The van der Waals surface area contributed by atoms with Gasteiger partial charge in [0, 0.05) is 11.5 Å². The summed E-state index contributed by atoms with van der Waals surface area (Å²) in [5.41, 5.74) is 1.53. The van der Waals surface area contributed by atoms with E-state index in [2.05, 4.69) is 10.3 Å². The molecule has 0 saturated carbocycles. The van der Waals surface area contributed by atoms with Gasteiger partial charge in [0.05, 0.1) is 32.9 Å². The molecule has 2 aromatic rings. The van der Waals surface area contributed by atoms with Gasteiger partial charge in [-0.2, -0.15) is 0 Å². The normalized spacial score (nSPS) is 13.1. The molecule has 1 aliphatic heterocycles. The van der Waals surface area contributed by atoms with Gasteiger partial charge in [-0.1, -0.05) is 76.5 Å². The molecule has 1 aliphatic rings. The van der Waals surface area contributed by atoms with Crippen molar-refractivity contribution in [2.24, 2.45) is 4.99 Å². The number of hydrogen-bond acceptors (Lipinski definition) is 6. The molecule has 3 rings (SSSR count). The van der Waals surface area contributed by atoms with E-state index in [9.17, 15) is 9.59 Å². The van der Waals surface area contributed by atoms with Crippen LogP contribution >= 0.6 is 58.3 Å². The highest BCUT2D eigenvalue weighted by Gasteiger charge is 2.17. The first-order valence-corrected chi connectivity index (χ1v) is 11.5. The summed E-state index contributed by atoms with van der Waals surface area (Å²) in [5, 5.41) is 3.30. The Labute approximate surface area is 191 Å². The minimum Gasteiger partial charge on any atom is -0.452 e. The van der Waals surface area contributed by atoms with E-state index >= 15 is 0 Å². The lowest BCUT2D eigenvalue weighted by atomic mass is 10.1. The number of anilines is 1. The maximum absolute atomic E-state index is 12.5. The largest absolute Gasteiger partial charge is 0.452 e. The number of nitrogens with zero attached hydrogens (tertiary/aromatic N) is 1. The van der Waals surface area contributed by atoms with Gasteiger partial charge in [0.1, 0.15) is 4.38 Å². The van der Waals surface area contributed by atoms with Crippen LogP contribution in [0.3, 0.4) is 0 Å². The number of rotatable bonds is 6. The molecule has 152 valence electrons. The van der Waals surface area contributed by atoms with Crippen LogP contribution in [0.25, 0.3) is 0 Å². The van der Waals surface area contributed by atoms with Crippen molar-refractivity contribution in [2.75, 3.05) is 24.2 Å². The first-order chi connectivity index (χ1) is 13.9. The SMILES string of the molecule is O=C(COC(=O)c1ccccc1CSC1=NCCS1)Nc1cc(Cl)c(Cl)cc1Cl. The van der Waals surface area contributed by atoms with Crippen LogP contribution in [0.15, 0.2) is 41.4 Å². The van der Waals surface area contributed by atoms with Gasteiger partial charge in [-0.3, -0.25) is 9.79 Å². The fourth-order valence-corrected chi connectivity index (χ4v) is 5.01. The number of nitrogens with one attached hydrogen (secondary N) is 1. The van der Waals surface area contributed by atoms with Crippen molar-refractivity contribution in [3.8, 4) is 0 Å². The summed E-state index contributed by atoms with van der Waals surface area (Å²) in [4.78, 5) is 29.0. The van der Waals surface area contributed by atoms with Crippen molar-refractivity contribution in [1.82, 2.24) is 0 Å². The van der Waals surface area contributed by atoms with Gasteiger partial charge in [-0.25, -0.2) is 4.79 Å². The second-order valence-corrected chi connectivity index (χ2v) is 9.34. The molecule has 0 aromatic heterocycles. The molecule has 1 heterocycles. The van der Waals surface area contributed by atoms with E-state index in [1.54, 1.807) is 35.7 Å². The zero-order valence-electron chi connectivity index (χ0n) is 14.9. The highest BCUT2D eigenvalue weighted by Crippen LogP contribution is 2.32. The van der Waals surface area contributed by atoms with Crippen molar-refractivity contribution in [2.45, 2.75) is 5.75 Å². The van der Waals surface area contributed by atoms with Gasteiger partial charge >= 0.3 is 5.97 Å². The van der Waals surface area contributed by atoms with Crippen molar-refractivity contribution in [3.05, 3.63) is 62.6 Å². The Hall–Kier alpha value is -1.38. The van der Waals surface area contributed by atoms with Gasteiger partial charge < -0.3 is 10.1 Å². The van der Waals surface area contributed by atoms with E-state index in [1.807, 2.05) is 12.1 Å². The van der Waals surface area contributed by atoms with Crippen LogP contribution in [-0.4, -0.2) is 35.2 Å². The van der Waals surface area contributed by atoms with E-state index in [0.29, 0.717) is 11.3 Å².